The van der Waals surface area contributed by atoms with E-state index >= 15 is 0 Å². The number of rotatable bonds is 3. The van der Waals surface area contributed by atoms with Crippen molar-refractivity contribution in [3.63, 3.8) is 0 Å². The van der Waals surface area contributed by atoms with Gasteiger partial charge in [-0.15, -0.1) is 11.3 Å². The van der Waals surface area contributed by atoms with Crippen LogP contribution in [0.5, 0.6) is 0 Å². The molecule has 2 nitrogen and oxygen atoms in total. The zero-order valence-electron chi connectivity index (χ0n) is 10.6. The number of aromatic nitrogens is 1. The molecule has 3 aromatic rings. The van der Waals surface area contributed by atoms with Crippen LogP contribution in [-0.2, 0) is 0 Å². The average molecular weight is 353 g/mol. The maximum absolute atomic E-state index is 4.62. The molecule has 0 spiro atoms. The van der Waals surface area contributed by atoms with E-state index in [9.17, 15) is 0 Å². The Bertz CT molecular complexity index is 717. The van der Waals surface area contributed by atoms with Gasteiger partial charge >= 0.3 is 0 Å². The first kappa shape index (κ1) is 13.1. The van der Waals surface area contributed by atoms with Crippen molar-refractivity contribution >= 4 is 54.0 Å². The SMILES string of the molecule is Cc1ccc(C(C)Nc2nc3ccc(Br)cc3s2)s1. The number of thiazole rings is 1. The fraction of sp³-hybridized carbons (Fsp3) is 0.214. The lowest BCUT2D eigenvalue weighted by Gasteiger charge is -2.10. The topological polar surface area (TPSA) is 24.9 Å². The van der Waals surface area contributed by atoms with Crippen molar-refractivity contribution in [1.82, 2.24) is 4.98 Å². The van der Waals surface area contributed by atoms with E-state index in [1.165, 1.54) is 14.5 Å². The molecule has 0 radical (unpaired) electrons. The van der Waals surface area contributed by atoms with E-state index in [1.54, 1.807) is 11.3 Å². The zero-order valence-corrected chi connectivity index (χ0v) is 13.8. The molecule has 0 saturated heterocycles. The Kier molecular flexibility index (Phi) is 3.60. The van der Waals surface area contributed by atoms with Gasteiger partial charge in [-0.25, -0.2) is 4.98 Å². The third kappa shape index (κ3) is 2.83. The summed E-state index contributed by atoms with van der Waals surface area (Å²) >= 11 is 7.02. The molecule has 1 atom stereocenters. The molecule has 0 bridgehead atoms. The second-order valence-corrected chi connectivity index (χ2v) is 7.71. The lowest BCUT2D eigenvalue weighted by molar-refractivity contribution is 0.905. The summed E-state index contributed by atoms with van der Waals surface area (Å²) in [4.78, 5) is 7.31. The van der Waals surface area contributed by atoms with Crippen LogP contribution in [-0.4, -0.2) is 4.98 Å². The van der Waals surface area contributed by atoms with Crippen LogP contribution in [0.2, 0.25) is 0 Å². The van der Waals surface area contributed by atoms with Gasteiger partial charge < -0.3 is 5.32 Å². The number of aryl methyl sites for hydroxylation is 1. The lowest BCUT2D eigenvalue weighted by atomic mass is 10.3. The zero-order chi connectivity index (χ0) is 13.4. The van der Waals surface area contributed by atoms with Crippen molar-refractivity contribution in [2.45, 2.75) is 19.9 Å². The Hall–Kier alpha value is -0.910. The molecule has 0 aliphatic rings. The standard InChI is InChI=1S/C14H13BrN2S2/c1-8-3-6-12(18-8)9(2)16-14-17-11-5-4-10(15)7-13(11)19-14/h3-7,9H,1-2H3,(H,16,17). The molecule has 0 amide bonds. The Morgan fingerprint density at radius 3 is 2.79 bits per heavy atom. The third-order valence-electron chi connectivity index (χ3n) is 2.88. The first-order valence-corrected chi connectivity index (χ1v) is 8.43. The summed E-state index contributed by atoms with van der Waals surface area (Å²) in [6.45, 7) is 4.31. The van der Waals surface area contributed by atoms with Crippen LogP contribution in [0.15, 0.2) is 34.8 Å². The van der Waals surface area contributed by atoms with Gasteiger partial charge in [0, 0.05) is 14.2 Å². The first-order chi connectivity index (χ1) is 9.11. The highest BCUT2D eigenvalue weighted by molar-refractivity contribution is 9.10. The molecular formula is C14H13BrN2S2. The molecule has 1 unspecified atom stereocenters. The van der Waals surface area contributed by atoms with Gasteiger partial charge in [0.1, 0.15) is 0 Å². The normalized spacial score (nSPS) is 12.8. The number of benzene rings is 1. The summed E-state index contributed by atoms with van der Waals surface area (Å²) < 4.78 is 2.29. The van der Waals surface area contributed by atoms with E-state index in [1.807, 2.05) is 23.5 Å². The van der Waals surface area contributed by atoms with E-state index < -0.39 is 0 Å². The highest BCUT2D eigenvalue weighted by atomic mass is 79.9. The molecule has 19 heavy (non-hydrogen) atoms. The number of nitrogens with one attached hydrogen (secondary N) is 1. The fourth-order valence-electron chi connectivity index (χ4n) is 1.90. The Morgan fingerprint density at radius 2 is 2.05 bits per heavy atom. The number of halogens is 1. The summed E-state index contributed by atoms with van der Waals surface area (Å²) in [5.41, 5.74) is 1.05. The van der Waals surface area contributed by atoms with Gasteiger partial charge in [-0.1, -0.05) is 27.3 Å². The van der Waals surface area contributed by atoms with Crippen LogP contribution in [0, 0.1) is 6.92 Å². The first-order valence-electron chi connectivity index (χ1n) is 6.01. The van der Waals surface area contributed by atoms with Crippen LogP contribution in [0.4, 0.5) is 5.13 Å². The number of hydrogen-bond acceptors (Lipinski definition) is 4. The van der Waals surface area contributed by atoms with E-state index in [0.717, 1.165) is 15.1 Å². The van der Waals surface area contributed by atoms with E-state index in [-0.39, 0.29) is 0 Å². The van der Waals surface area contributed by atoms with E-state index in [0.29, 0.717) is 6.04 Å². The lowest BCUT2D eigenvalue weighted by Crippen LogP contribution is -2.03. The Balaban J connectivity index is 1.85. The fourth-order valence-corrected chi connectivity index (χ4v) is 4.29. The summed E-state index contributed by atoms with van der Waals surface area (Å²) in [7, 11) is 0. The van der Waals surface area contributed by atoms with Crippen molar-refractivity contribution in [3.8, 4) is 0 Å². The largest absolute Gasteiger partial charge is 0.354 e. The quantitative estimate of drug-likeness (QED) is 0.663. The smallest absolute Gasteiger partial charge is 0.184 e. The van der Waals surface area contributed by atoms with Crippen molar-refractivity contribution in [1.29, 1.82) is 0 Å². The summed E-state index contributed by atoms with van der Waals surface area (Å²) in [6.07, 6.45) is 0. The van der Waals surface area contributed by atoms with Gasteiger partial charge in [0.05, 0.1) is 16.3 Å². The molecule has 3 rings (SSSR count). The summed E-state index contributed by atoms with van der Waals surface area (Å²) in [5.74, 6) is 0. The van der Waals surface area contributed by atoms with Gasteiger partial charge in [-0.3, -0.25) is 0 Å². The maximum Gasteiger partial charge on any atom is 0.184 e. The Labute approximate surface area is 128 Å². The molecule has 1 N–H and O–H groups in total. The van der Waals surface area contributed by atoms with Crippen LogP contribution in [0.25, 0.3) is 10.2 Å². The van der Waals surface area contributed by atoms with Gasteiger partial charge in [0.15, 0.2) is 5.13 Å². The minimum Gasteiger partial charge on any atom is -0.354 e. The third-order valence-corrected chi connectivity index (χ3v) is 5.50. The van der Waals surface area contributed by atoms with Gasteiger partial charge in [-0.2, -0.15) is 0 Å². The van der Waals surface area contributed by atoms with E-state index in [4.69, 9.17) is 0 Å². The van der Waals surface area contributed by atoms with Crippen molar-refractivity contribution in [3.05, 3.63) is 44.6 Å². The van der Waals surface area contributed by atoms with Crippen LogP contribution in [0.3, 0.4) is 0 Å². The minimum atomic E-state index is 0.294. The average Bonchev–Trinajstić information content (AvgIpc) is 2.94. The molecule has 2 heterocycles. The van der Waals surface area contributed by atoms with Crippen molar-refractivity contribution in [2.24, 2.45) is 0 Å². The molecule has 0 saturated carbocycles. The molecule has 0 aliphatic heterocycles. The maximum atomic E-state index is 4.62. The van der Waals surface area contributed by atoms with Gasteiger partial charge in [0.2, 0.25) is 0 Å². The predicted molar refractivity (Wildman–Crippen MR) is 88.4 cm³/mol. The van der Waals surface area contributed by atoms with Crippen LogP contribution < -0.4 is 5.32 Å². The predicted octanol–water partition coefficient (Wildman–Crippen LogP) is 5.60. The monoisotopic (exact) mass is 352 g/mol. The van der Waals surface area contributed by atoms with Gasteiger partial charge in [-0.05, 0) is 44.2 Å². The summed E-state index contributed by atoms with van der Waals surface area (Å²) in [5, 5.41) is 4.46. The van der Waals surface area contributed by atoms with Crippen molar-refractivity contribution in [2.75, 3.05) is 5.32 Å². The number of hydrogen-bond donors (Lipinski definition) is 1. The number of anilines is 1. The molecule has 2 aromatic heterocycles. The second kappa shape index (κ2) is 5.23. The number of thiophene rings is 1. The number of fused-ring (bicyclic) bond motifs is 1. The van der Waals surface area contributed by atoms with E-state index in [2.05, 4.69) is 58.3 Å². The summed E-state index contributed by atoms with van der Waals surface area (Å²) in [6, 6.07) is 10.8. The molecular weight excluding hydrogens is 340 g/mol. The van der Waals surface area contributed by atoms with Crippen molar-refractivity contribution < 1.29 is 0 Å². The molecule has 5 heteroatoms. The highest BCUT2D eigenvalue weighted by Gasteiger charge is 2.10. The van der Waals surface area contributed by atoms with Crippen LogP contribution in [0.1, 0.15) is 22.7 Å². The van der Waals surface area contributed by atoms with Crippen LogP contribution >= 0.6 is 38.6 Å². The molecule has 0 fully saturated rings. The second-order valence-electron chi connectivity index (χ2n) is 4.45. The highest BCUT2D eigenvalue weighted by Crippen LogP contribution is 2.32. The molecule has 0 aliphatic carbocycles. The van der Waals surface area contributed by atoms with Gasteiger partial charge in [0.25, 0.3) is 0 Å². The minimum absolute atomic E-state index is 0.294. The molecule has 1 aromatic carbocycles. The molecule has 98 valence electrons. The Morgan fingerprint density at radius 1 is 1.21 bits per heavy atom. The number of nitrogens with zero attached hydrogens (tertiary/aromatic N) is 1.